The van der Waals surface area contributed by atoms with E-state index in [2.05, 4.69) is 38.7 Å². The van der Waals surface area contributed by atoms with Crippen molar-refractivity contribution in [1.82, 2.24) is 9.97 Å². The van der Waals surface area contributed by atoms with E-state index in [0.29, 0.717) is 17.7 Å². The summed E-state index contributed by atoms with van der Waals surface area (Å²) >= 11 is 0. The summed E-state index contributed by atoms with van der Waals surface area (Å²) in [5, 5.41) is 5.60. The summed E-state index contributed by atoms with van der Waals surface area (Å²) in [6.45, 7) is 2.82. The van der Waals surface area contributed by atoms with Crippen LogP contribution in [0, 0.1) is 0 Å². The maximum Gasteiger partial charge on any atom is 0.327 e. The fourth-order valence-electron chi connectivity index (χ4n) is 3.60. The first-order valence-electron chi connectivity index (χ1n) is 14.0. The Hall–Kier alpha value is -4.35. The molecule has 13 nitrogen and oxygen atoms in total. The fraction of sp³-hybridized carbons (Fsp3) is 0.219. The van der Waals surface area contributed by atoms with Crippen LogP contribution in [0.5, 0.6) is 0 Å². The molecule has 6 rings (SSSR count). The zero-order chi connectivity index (χ0) is 34.9. The predicted molar refractivity (Wildman–Crippen MR) is 184 cm³/mol. The van der Waals surface area contributed by atoms with E-state index in [4.69, 9.17) is 0 Å². The quantitative estimate of drug-likeness (QED) is 0.0974. The Balaban J connectivity index is 0.000000216. The second-order valence-electron chi connectivity index (χ2n) is 9.58. The highest BCUT2D eigenvalue weighted by Crippen LogP contribution is 2.41. The van der Waals surface area contributed by atoms with Crippen LogP contribution in [0.15, 0.2) is 85.2 Å². The number of fused-ring (bicyclic) bond motifs is 2. The smallest absolute Gasteiger partial charge is 0.327 e. The van der Waals surface area contributed by atoms with Crippen LogP contribution in [0.3, 0.4) is 0 Å². The molecule has 252 valence electrons. The normalized spacial score (nSPS) is 13.4. The lowest BCUT2D eigenvalue weighted by atomic mass is 10.1. The van der Waals surface area contributed by atoms with Gasteiger partial charge in [0.2, 0.25) is 5.91 Å². The Morgan fingerprint density at radius 3 is 1.62 bits per heavy atom. The Morgan fingerprint density at radius 1 is 0.660 bits per heavy atom. The van der Waals surface area contributed by atoms with E-state index in [1.54, 1.807) is 18.3 Å². The van der Waals surface area contributed by atoms with Crippen LogP contribution in [0.25, 0.3) is 11.6 Å². The molecule has 0 fully saturated rings. The van der Waals surface area contributed by atoms with E-state index in [9.17, 15) is 23.5 Å². The first-order chi connectivity index (χ1) is 22.4. The predicted octanol–water partition coefficient (Wildman–Crippen LogP) is 6.72. The number of hydrogen-bond donors (Lipinski definition) is 4. The summed E-state index contributed by atoms with van der Waals surface area (Å²) in [5.74, 6) is 0.0528. The molecule has 4 aromatic rings. The molecule has 2 aliphatic rings. The van der Waals surface area contributed by atoms with Crippen molar-refractivity contribution in [2.45, 2.75) is 6.42 Å². The molecule has 0 radical (unpaired) electrons. The molecule has 2 aromatic carbocycles. The number of carbonyl (C=O) groups excluding carboxylic acids is 3. The number of hydrogen-bond acceptors (Lipinski definition) is 9. The van der Waals surface area contributed by atoms with Crippen molar-refractivity contribution in [3.63, 3.8) is 0 Å². The number of para-hydroxylation sites is 2. The van der Waals surface area contributed by atoms with Crippen molar-refractivity contribution in [2.75, 3.05) is 52.4 Å². The minimum Gasteiger partial charge on any atom is -0.362 e. The lowest BCUT2D eigenvalue weighted by molar-refractivity contribution is -0.115. The zero-order valence-electron chi connectivity index (χ0n) is 27.0. The maximum atomic E-state index is 11.8. The monoisotopic (exact) mass is 686 g/mol. The van der Waals surface area contributed by atoms with Crippen molar-refractivity contribution >= 4 is 56.3 Å². The van der Waals surface area contributed by atoms with Crippen LogP contribution >= 0.6 is 15.2 Å². The Kier molecular flexibility index (Phi) is 16.0. The van der Waals surface area contributed by atoms with Crippen LogP contribution in [0.2, 0.25) is 0 Å². The highest BCUT2D eigenvalue weighted by atomic mass is 31.2. The molecule has 0 saturated carbocycles. The highest BCUT2D eigenvalue weighted by Gasteiger charge is 2.23. The third-order valence-electron chi connectivity index (χ3n) is 6.35. The first-order valence-corrected chi connectivity index (χ1v) is 18.0. The van der Waals surface area contributed by atoms with Gasteiger partial charge in [-0.15, -0.1) is 0 Å². The highest BCUT2D eigenvalue weighted by molar-refractivity contribution is 7.53. The number of benzene rings is 2. The standard InChI is InChI=1S/C13H10N2O.C8H7NO.C5H5NO.2C3H9O3P/c16-13-11(8-9-4-3-7-14-9)10-5-1-2-6-12(10)15-13;10-8-5-6-3-1-2-4-7(6)9-8;7-4-5-2-1-3-6-5;2*1-5-7(3,4)6-2/h1-8,14H,(H,15,16);1-4H,5H2,(H,9,10);1-4,6H;2*1-3H3. The van der Waals surface area contributed by atoms with Crippen LogP contribution in [0.4, 0.5) is 11.4 Å². The zero-order valence-corrected chi connectivity index (χ0v) is 28.8. The second kappa shape index (κ2) is 19.3. The molecule has 15 heteroatoms. The number of anilines is 2. The molecular weight excluding hydrogens is 646 g/mol. The number of rotatable bonds is 6. The van der Waals surface area contributed by atoms with Crippen molar-refractivity contribution in [3.05, 3.63) is 108 Å². The second-order valence-corrected chi connectivity index (χ2v) is 14.1. The van der Waals surface area contributed by atoms with Gasteiger partial charge in [0.25, 0.3) is 5.91 Å². The van der Waals surface area contributed by atoms with Crippen LogP contribution in [-0.4, -0.2) is 69.8 Å². The Bertz CT molecular complexity index is 1640. The van der Waals surface area contributed by atoms with Gasteiger partial charge in [-0.1, -0.05) is 36.4 Å². The topological polar surface area (TPSA) is 178 Å². The molecule has 2 aliphatic heterocycles. The van der Waals surface area contributed by atoms with Gasteiger partial charge >= 0.3 is 15.2 Å². The minimum absolute atomic E-state index is 0.0456. The lowest BCUT2D eigenvalue weighted by Gasteiger charge is -2.04. The molecule has 0 saturated heterocycles. The van der Waals surface area contributed by atoms with Crippen molar-refractivity contribution in [1.29, 1.82) is 0 Å². The van der Waals surface area contributed by atoms with E-state index in [1.165, 1.54) is 41.8 Å². The molecular formula is C32H40N4O9P2. The van der Waals surface area contributed by atoms with Gasteiger partial charge < -0.3 is 38.7 Å². The van der Waals surface area contributed by atoms with Crippen LogP contribution < -0.4 is 10.6 Å². The van der Waals surface area contributed by atoms with E-state index in [-0.39, 0.29) is 11.8 Å². The Morgan fingerprint density at radius 2 is 1.17 bits per heavy atom. The summed E-state index contributed by atoms with van der Waals surface area (Å²) in [5.41, 5.74) is 6.17. The number of aromatic amines is 2. The summed E-state index contributed by atoms with van der Waals surface area (Å²) in [6.07, 6.45) is 6.73. The summed E-state index contributed by atoms with van der Waals surface area (Å²) in [6, 6.07) is 22.8. The average molecular weight is 687 g/mol. The summed E-state index contributed by atoms with van der Waals surface area (Å²) in [4.78, 5) is 38.2. The minimum atomic E-state index is -2.65. The van der Waals surface area contributed by atoms with Gasteiger partial charge in [0.1, 0.15) is 0 Å². The van der Waals surface area contributed by atoms with Crippen molar-refractivity contribution in [2.24, 2.45) is 0 Å². The summed E-state index contributed by atoms with van der Waals surface area (Å²) in [7, 11) is 0.0972. The Labute approximate surface area is 274 Å². The summed E-state index contributed by atoms with van der Waals surface area (Å²) < 4.78 is 38.7. The number of aromatic nitrogens is 2. The molecule has 0 spiro atoms. The van der Waals surface area contributed by atoms with E-state index < -0.39 is 15.2 Å². The lowest BCUT2D eigenvalue weighted by Crippen LogP contribution is -2.03. The SMILES string of the molecule is COP(C)(=O)OC.COP(C)(=O)OC.O=C1Cc2ccccc2N1.O=C1Nc2ccccc2C1=Cc1ccc[nH]1.O=Cc1ccc[nH]1. The van der Waals surface area contributed by atoms with Gasteiger partial charge in [0, 0.05) is 76.8 Å². The van der Waals surface area contributed by atoms with Gasteiger partial charge in [-0.3, -0.25) is 23.5 Å². The molecule has 0 aliphatic carbocycles. The third kappa shape index (κ3) is 13.5. The van der Waals surface area contributed by atoms with Gasteiger partial charge in [-0.05, 0) is 48.0 Å². The first kappa shape index (κ1) is 38.8. The molecule has 2 aromatic heterocycles. The van der Waals surface area contributed by atoms with Crippen molar-refractivity contribution < 1.29 is 41.6 Å². The molecule has 4 heterocycles. The van der Waals surface area contributed by atoms with Crippen LogP contribution in [0.1, 0.15) is 27.3 Å². The van der Waals surface area contributed by atoms with Gasteiger partial charge in [0.05, 0.1) is 17.7 Å². The number of amides is 2. The molecule has 0 unspecified atom stereocenters. The average Bonchev–Trinajstić information content (AvgIpc) is 3.90. The molecule has 47 heavy (non-hydrogen) atoms. The number of carbonyl (C=O) groups is 3. The third-order valence-corrected chi connectivity index (χ3v) is 9.00. The van der Waals surface area contributed by atoms with E-state index in [1.807, 2.05) is 72.9 Å². The van der Waals surface area contributed by atoms with Gasteiger partial charge in [0.15, 0.2) is 6.29 Å². The molecule has 0 atom stereocenters. The van der Waals surface area contributed by atoms with E-state index in [0.717, 1.165) is 34.5 Å². The fourth-order valence-corrected chi connectivity index (χ4v) is 3.90. The van der Waals surface area contributed by atoms with Gasteiger partial charge in [-0.2, -0.15) is 0 Å². The number of aldehydes is 1. The number of nitrogens with one attached hydrogen (secondary N) is 4. The molecule has 0 bridgehead atoms. The largest absolute Gasteiger partial charge is 0.362 e. The molecule has 2 amide bonds. The van der Waals surface area contributed by atoms with Gasteiger partial charge in [-0.25, -0.2) is 0 Å². The number of H-pyrrole nitrogens is 2. The van der Waals surface area contributed by atoms with Crippen LogP contribution in [-0.2, 0) is 43.2 Å². The van der Waals surface area contributed by atoms with E-state index >= 15 is 0 Å². The maximum absolute atomic E-state index is 11.8. The molecule has 4 N–H and O–H groups in total. The van der Waals surface area contributed by atoms with Crippen molar-refractivity contribution in [3.8, 4) is 0 Å².